The summed E-state index contributed by atoms with van der Waals surface area (Å²) in [6, 6.07) is 22.1. The van der Waals surface area contributed by atoms with E-state index < -0.39 is 10.0 Å². The van der Waals surface area contributed by atoms with Crippen LogP contribution in [0.25, 0.3) is 11.3 Å². The van der Waals surface area contributed by atoms with Crippen molar-refractivity contribution in [1.29, 1.82) is 0 Å². The fraction of sp³-hybridized carbons (Fsp3) is 0.378. The van der Waals surface area contributed by atoms with E-state index in [1.165, 1.54) is 16.1 Å². The monoisotopic (exact) mass is 704 g/mol. The van der Waals surface area contributed by atoms with Crippen LogP contribution in [0.5, 0.6) is 0 Å². The van der Waals surface area contributed by atoms with Gasteiger partial charge in [0.1, 0.15) is 0 Å². The van der Waals surface area contributed by atoms with Crippen LogP contribution in [0.15, 0.2) is 66.7 Å². The van der Waals surface area contributed by atoms with Crippen LogP contribution in [-0.2, 0) is 42.6 Å². The lowest BCUT2D eigenvalue weighted by molar-refractivity contribution is 0.207. The second-order valence-electron chi connectivity index (χ2n) is 12.7. The van der Waals surface area contributed by atoms with Crippen molar-refractivity contribution in [2.45, 2.75) is 57.9 Å². The van der Waals surface area contributed by atoms with Gasteiger partial charge in [0, 0.05) is 78.2 Å². The van der Waals surface area contributed by atoms with E-state index in [1.54, 1.807) is 0 Å². The van der Waals surface area contributed by atoms with E-state index >= 15 is 0 Å². The maximum atomic E-state index is 12.5. The average Bonchev–Trinajstić information content (AvgIpc) is 3.44. The van der Waals surface area contributed by atoms with E-state index in [0.717, 1.165) is 97.2 Å². The summed E-state index contributed by atoms with van der Waals surface area (Å²) in [6.07, 6.45) is 4.94. The van der Waals surface area contributed by atoms with Crippen LogP contribution in [0.4, 0.5) is 0 Å². The van der Waals surface area contributed by atoms with Gasteiger partial charge in [-0.05, 0) is 86.4 Å². The zero-order valence-electron chi connectivity index (χ0n) is 27.3. The van der Waals surface area contributed by atoms with E-state index in [0.29, 0.717) is 36.1 Å². The number of nitrogens with one attached hydrogen (secondary N) is 1. The number of benzene rings is 3. The Balaban J connectivity index is 1.17. The summed E-state index contributed by atoms with van der Waals surface area (Å²) in [7, 11) is -3.34. The molecule has 1 fully saturated rings. The molecule has 0 spiro atoms. The number of nitrogens with zero attached hydrogens (tertiary/aromatic N) is 4. The molecular formula is C37H42Cl2N6O2S. The molecule has 0 bridgehead atoms. The number of sulfonamides is 1. The van der Waals surface area contributed by atoms with Crippen molar-refractivity contribution in [1.82, 2.24) is 24.3 Å². The van der Waals surface area contributed by atoms with Crippen molar-refractivity contribution in [3.05, 3.63) is 110 Å². The molecule has 0 amide bonds. The normalized spacial score (nSPS) is 16.0. The summed E-state index contributed by atoms with van der Waals surface area (Å²) in [4.78, 5) is 2.48. The third-order valence-electron chi connectivity index (χ3n) is 9.15. The first-order valence-electron chi connectivity index (χ1n) is 16.5. The molecule has 11 heteroatoms. The molecule has 4 aromatic rings. The predicted molar refractivity (Wildman–Crippen MR) is 194 cm³/mol. The molecule has 2 aliphatic rings. The van der Waals surface area contributed by atoms with Crippen LogP contribution in [-0.4, -0.2) is 65.9 Å². The van der Waals surface area contributed by atoms with Crippen molar-refractivity contribution in [3.8, 4) is 23.1 Å². The minimum Gasteiger partial charge on any atom is -0.328 e. The number of likely N-dealkylation sites (tertiary alicyclic amines) is 1. The molecule has 3 aromatic carbocycles. The van der Waals surface area contributed by atoms with E-state index in [-0.39, 0.29) is 0 Å². The highest BCUT2D eigenvalue weighted by Crippen LogP contribution is 2.33. The Bertz CT molecular complexity index is 1890. The van der Waals surface area contributed by atoms with Crippen LogP contribution >= 0.6 is 23.2 Å². The van der Waals surface area contributed by atoms with Crippen molar-refractivity contribution in [2.75, 3.05) is 32.4 Å². The van der Waals surface area contributed by atoms with Gasteiger partial charge in [0.05, 0.1) is 17.0 Å². The summed E-state index contributed by atoms with van der Waals surface area (Å²) < 4.78 is 28.7. The van der Waals surface area contributed by atoms with Gasteiger partial charge in [-0.2, -0.15) is 9.40 Å². The maximum Gasteiger partial charge on any atom is 0.211 e. The largest absolute Gasteiger partial charge is 0.328 e. The van der Waals surface area contributed by atoms with Crippen LogP contribution in [0.1, 0.15) is 52.8 Å². The Morgan fingerprint density at radius 1 is 0.917 bits per heavy atom. The van der Waals surface area contributed by atoms with Crippen LogP contribution in [0.2, 0.25) is 10.0 Å². The molecule has 2 aliphatic heterocycles. The van der Waals surface area contributed by atoms with Gasteiger partial charge in [0.15, 0.2) is 0 Å². The molecule has 48 heavy (non-hydrogen) atoms. The molecule has 0 saturated carbocycles. The molecule has 3 N–H and O–H groups in total. The molecule has 3 heterocycles. The van der Waals surface area contributed by atoms with Gasteiger partial charge in [-0.1, -0.05) is 65.4 Å². The van der Waals surface area contributed by atoms with Crippen LogP contribution in [0.3, 0.4) is 0 Å². The minimum absolute atomic E-state index is 0.304. The van der Waals surface area contributed by atoms with Gasteiger partial charge < -0.3 is 16.0 Å². The van der Waals surface area contributed by atoms with Gasteiger partial charge >= 0.3 is 0 Å². The molecule has 0 aliphatic carbocycles. The third kappa shape index (κ3) is 8.87. The summed E-state index contributed by atoms with van der Waals surface area (Å²) in [5, 5.41) is 9.82. The number of aryl methyl sites for hydroxylation is 1. The number of aromatic nitrogens is 2. The summed E-state index contributed by atoms with van der Waals surface area (Å²) in [5.74, 6) is 6.52. The van der Waals surface area contributed by atoms with Gasteiger partial charge in [-0.15, -0.1) is 0 Å². The van der Waals surface area contributed by atoms with Crippen molar-refractivity contribution in [3.63, 3.8) is 0 Å². The second-order valence-corrected chi connectivity index (χ2v) is 15.6. The molecule has 1 saturated heterocycles. The standard InChI is InChI=1S/C37H42Cl2N6O2S/c1-48(46,47)44-22-17-36-34(26-44)37(42-45(36)19-2-18-43-20-15-33(40)16-21-43)31-11-14-35(39)30(23-31)10-7-27-3-5-28(6-4-27)24-41-25-29-8-12-32(38)13-9-29/h3-6,8-9,11-14,23,33,41H,2,15-22,24-26,40H2,1H3. The van der Waals surface area contributed by atoms with E-state index in [2.05, 4.69) is 38.9 Å². The first-order chi connectivity index (χ1) is 23.1. The van der Waals surface area contributed by atoms with Crippen molar-refractivity contribution < 1.29 is 8.42 Å². The smallest absolute Gasteiger partial charge is 0.211 e. The highest BCUT2D eigenvalue weighted by Gasteiger charge is 2.30. The number of fused-ring (bicyclic) bond motifs is 1. The first-order valence-corrected chi connectivity index (χ1v) is 19.1. The van der Waals surface area contributed by atoms with Gasteiger partial charge in [0.25, 0.3) is 0 Å². The van der Waals surface area contributed by atoms with Crippen molar-refractivity contribution in [2.24, 2.45) is 5.73 Å². The number of nitrogens with two attached hydrogens (primary N) is 1. The zero-order valence-corrected chi connectivity index (χ0v) is 29.6. The fourth-order valence-electron chi connectivity index (χ4n) is 6.35. The molecule has 8 nitrogen and oxygen atoms in total. The summed E-state index contributed by atoms with van der Waals surface area (Å²) >= 11 is 12.6. The number of hydrogen-bond donors (Lipinski definition) is 2. The van der Waals surface area contributed by atoms with Crippen LogP contribution < -0.4 is 11.1 Å². The van der Waals surface area contributed by atoms with Crippen molar-refractivity contribution >= 4 is 33.2 Å². The third-order valence-corrected chi connectivity index (χ3v) is 11.0. The van der Waals surface area contributed by atoms with Gasteiger partial charge in [-0.3, -0.25) is 4.68 Å². The zero-order chi connectivity index (χ0) is 33.7. The first kappa shape index (κ1) is 34.7. The average molecular weight is 706 g/mol. The summed E-state index contributed by atoms with van der Waals surface area (Å²) in [5.41, 5.74) is 13.8. The van der Waals surface area contributed by atoms with E-state index in [1.807, 2.05) is 54.6 Å². The maximum absolute atomic E-state index is 12.5. The Morgan fingerprint density at radius 3 is 2.29 bits per heavy atom. The quantitative estimate of drug-likeness (QED) is 0.207. The Hall–Kier alpha value is -3.20. The lowest BCUT2D eigenvalue weighted by Crippen LogP contribution is -2.40. The summed E-state index contributed by atoms with van der Waals surface area (Å²) in [6.45, 7) is 6.10. The lowest BCUT2D eigenvalue weighted by Gasteiger charge is -2.30. The highest BCUT2D eigenvalue weighted by atomic mass is 35.5. The predicted octanol–water partition coefficient (Wildman–Crippen LogP) is 5.68. The Morgan fingerprint density at radius 2 is 1.60 bits per heavy atom. The lowest BCUT2D eigenvalue weighted by atomic mass is 10.0. The Labute approximate surface area is 294 Å². The SMILES string of the molecule is CS(=O)(=O)N1CCc2c(c(-c3ccc(Cl)c(C#Cc4ccc(CNCc5ccc(Cl)cc5)cc4)c3)nn2CCCN2CCC(N)CC2)C1. The minimum atomic E-state index is -3.34. The van der Waals surface area contributed by atoms with E-state index in [9.17, 15) is 8.42 Å². The van der Waals surface area contributed by atoms with E-state index in [4.69, 9.17) is 34.0 Å². The van der Waals surface area contributed by atoms with Gasteiger partial charge in [0.2, 0.25) is 10.0 Å². The number of piperidine rings is 1. The van der Waals surface area contributed by atoms with Crippen LogP contribution in [0, 0.1) is 11.8 Å². The molecule has 6 rings (SSSR count). The molecular weight excluding hydrogens is 663 g/mol. The molecule has 1 aromatic heterocycles. The second kappa shape index (κ2) is 15.6. The molecule has 0 unspecified atom stereocenters. The van der Waals surface area contributed by atoms with Gasteiger partial charge in [-0.25, -0.2) is 8.42 Å². The fourth-order valence-corrected chi connectivity index (χ4v) is 7.43. The molecule has 0 atom stereocenters. The highest BCUT2D eigenvalue weighted by molar-refractivity contribution is 7.88. The number of halogens is 2. The number of rotatable bonds is 10. The Kier molecular flexibility index (Phi) is 11.2. The topological polar surface area (TPSA) is 96.5 Å². The molecule has 0 radical (unpaired) electrons. The molecule has 252 valence electrons. The number of hydrogen-bond acceptors (Lipinski definition) is 6.